The third kappa shape index (κ3) is 3.97. The molecule has 1 aliphatic rings. The lowest BCUT2D eigenvalue weighted by molar-refractivity contribution is 0.0512. The molecule has 27 heavy (non-hydrogen) atoms. The molecular weight excluding hydrogens is 340 g/mol. The second-order valence-electron chi connectivity index (χ2n) is 7.04. The van der Waals surface area contributed by atoms with E-state index < -0.39 is 0 Å². The molecule has 5 heteroatoms. The Morgan fingerprint density at radius 1 is 0.963 bits per heavy atom. The zero-order chi connectivity index (χ0) is 19.4. The Morgan fingerprint density at radius 2 is 1.56 bits per heavy atom. The number of piperidine rings is 1. The van der Waals surface area contributed by atoms with Gasteiger partial charge in [-0.1, -0.05) is 24.3 Å². The third-order valence-electron chi connectivity index (χ3n) is 5.19. The van der Waals surface area contributed by atoms with Gasteiger partial charge in [0.2, 0.25) is 0 Å². The summed E-state index contributed by atoms with van der Waals surface area (Å²) in [4.78, 5) is 27.9. The van der Waals surface area contributed by atoms with Gasteiger partial charge in [-0.15, -0.1) is 0 Å². The highest BCUT2D eigenvalue weighted by Gasteiger charge is 2.31. The van der Waals surface area contributed by atoms with Crippen LogP contribution in [0.3, 0.4) is 0 Å². The molecule has 2 aromatic carbocycles. The first-order valence-corrected chi connectivity index (χ1v) is 9.39. The van der Waals surface area contributed by atoms with Gasteiger partial charge in [0.25, 0.3) is 11.8 Å². The molecule has 5 nitrogen and oxygen atoms in total. The number of ether oxygens (including phenoxy) is 1. The Hall–Kier alpha value is -2.82. The van der Waals surface area contributed by atoms with Gasteiger partial charge in [-0.3, -0.25) is 9.59 Å². The van der Waals surface area contributed by atoms with Crippen molar-refractivity contribution in [3.05, 3.63) is 59.7 Å². The van der Waals surface area contributed by atoms with E-state index in [9.17, 15) is 9.59 Å². The minimum Gasteiger partial charge on any atom is -0.496 e. The van der Waals surface area contributed by atoms with Crippen LogP contribution in [0.25, 0.3) is 0 Å². The highest BCUT2D eigenvalue weighted by Crippen LogP contribution is 2.28. The summed E-state index contributed by atoms with van der Waals surface area (Å²) < 4.78 is 5.27. The van der Waals surface area contributed by atoms with Crippen LogP contribution in [-0.4, -0.2) is 35.9 Å². The summed E-state index contributed by atoms with van der Waals surface area (Å²) in [5.74, 6) is 0.162. The molecule has 0 aromatic heterocycles. The zero-order valence-electron chi connectivity index (χ0n) is 16.1. The molecule has 1 saturated heterocycles. The number of methoxy groups -OCH3 is 1. The zero-order valence-corrected chi connectivity index (χ0v) is 16.1. The molecule has 2 atom stereocenters. The molecule has 0 unspecified atom stereocenters. The SMILES string of the molecule is COc1ccccc1C(=O)Nc1ccccc1C(=O)N1[C@H](C)CCC[C@H]1C. The molecule has 0 saturated carbocycles. The van der Waals surface area contributed by atoms with Gasteiger partial charge in [0.15, 0.2) is 0 Å². The van der Waals surface area contributed by atoms with Gasteiger partial charge in [0.1, 0.15) is 5.75 Å². The average Bonchev–Trinajstić information content (AvgIpc) is 2.68. The molecule has 1 aliphatic heterocycles. The molecule has 2 amide bonds. The molecule has 2 aromatic rings. The number of rotatable bonds is 4. The number of benzene rings is 2. The quantitative estimate of drug-likeness (QED) is 0.875. The number of hydrogen-bond acceptors (Lipinski definition) is 3. The van der Waals surface area contributed by atoms with Crippen molar-refractivity contribution in [2.75, 3.05) is 12.4 Å². The predicted octanol–water partition coefficient (Wildman–Crippen LogP) is 4.35. The monoisotopic (exact) mass is 366 g/mol. The lowest BCUT2D eigenvalue weighted by Gasteiger charge is -2.39. The van der Waals surface area contributed by atoms with E-state index in [1.54, 1.807) is 30.3 Å². The maximum atomic E-state index is 13.2. The van der Waals surface area contributed by atoms with Crippen molar-refractivity contribution < 1.29 is 14.3 Å². The Morgan fingerprint density at radius 3 is 2.22 bits per heavy atom. The minimum atomic E-state index is -0.299. The fourth-order valence-electron chi connectivity index (χ4n) is 3.76. The van der Waals surface area contributed by atoms with Crippen LogP contribution in [0.4, 0.5) is 5.69 Å². The normalized spacial score (nSPS) is 19.4. The molecule has 0 spiro atoms. The van der Waals surface area contributed by atoms with Gasteiger partial charge < -0.3 is 15.0 Å². The number of nitrogens with zero attached hydrogens (tertiary/aromatic N) is 1. The Labute approximate surface area is 160 Å². The van der Waals surface area contributed by atoms with Crippen molar-refractivity contribution in [1.82, 2.24) is 4.90 Å². The van der Waals surface area contributed by atoms with Crippen LogP contribution < -0.4 is 10.1 Å². The summed E-state index contributed by atoms with van der Waals surface area (Å²) in [6, 6.07) is 14.6. The Bertz CT molecular complexity index is 824. The van der Waals surface area contributed by atoms with Crippen LogP contribution >= 0.6 is 0 Å². The van der Waals surface area contributed by atoms with Gasteiger partial charge in [0.05, 0.1) is 23.9 Å². The van der Waals surface area contributed by atoms with E-state index >= 15 is 0 Å². The standard InChI is InChI=1S/C22H26N2O3/c1-15-9-8-10-16(2)24(15)22(26)17-11-4-6-13-19(17)23-21(25)18-12-5-7-14-20(18)27-3/h4-7,11-16H,8-10H2,1-3H3,(H,23,25)/t15-,16-/m1/s1. The number of anilines is 1. The van der Waals surface area contributed by atoms with Crippen molar-refractivity contribution in [1.29, 1.82) is 0 Å². The molecule has 0 aliphatic carbocycles. The lowest BCUT2D eigenvalue weighted by atomic mass is 9.96. The van der Waals surface area contributed by atoms with Gasteiger partial charge in [0, 0.05) is 12.1 Å². The van der Waals surface area contributed by atoms with Gasteiger partial charge >= 0.3 is 0 Å². The second-order valence-corrected chi connectivity index (χ2v) is 7.04. The van der Waals surface area contributed by atoms with E-state index in [2.05, 4.69) is 19.2 Å². The largest absolute Gasteiger partial charge is 0.496 e. The van der Waals surface area contributed by atoms with E-state index in [1.165, 1.54) is 7.11 Å². The van der Waals surface area contributed by atoms with Crippen LogP contribution in [0.5, 0.6) is 5.75 Å². The first kappa shape index (κ1) is 19.0. The number of amides is 2. The molecule has 1 N–H and O–H groups in total. The van der Waals surface area contributed by atoms with Crippen molar-refractivity contribution in [2.45, 2.75) is 45.2 Å². The summed E-state index contributed by atoms with van der Waals surface area (Å²) in [6.45, 7) is 4.17. The number of para-hydroxylation sites is 2. The first-order chi connectivity index (χ1) is 13.0. The molecule has 1 fully saturated rings. The van der Waals surface area contributed by atoms with E-state index in [1.807, 2.05) is 23.1 Å². The lowest BCUT2D eigenvalue weighted by Crippen LogP contribution is -2.47. The number of carbonyl (C=O) groups is 2. The Balaban J connectivity index is 1.88. The predicted molar refractivity (Wildman–Crippen MR) is 106 cm³/mol. The minimum absolute atomic E-state index is 0.0365. The van der Waals surface area contributed by atoms with Crippen LogP contribution in [0, 0.1) is 0 Å². The topological polar surface area (TPSA) is 58.6 Å². The molecule has 0 bridgehead atoms. The third-order valence-corrected chi connectivity index (χ3v) is 5.19. The van der Waals surface area contributed by atoms with Crippen molar-refractivity contribution in [2.24, 2.45) is 0 Å². The average molecular weight is 366 g/mol. The summed E-state index contributed by atoms with van der Waals surface area (Å²) in [6.07, 6.45) is 3.15. The summed E-state index contributed by atoms with van der Waals surface area (Å²) >= 11 is 0. The van der Waals surface area contributed by atoms with Gasteiger partial charge in [-0.2, -0.15) is 0 Å². The maximum Gasteiger partial charge on any atom is 0.259 e. The van der Waals surface area contributed by atoms with Gasteiger partial charge in [-0.25, -0.2) is 0 Å². The van der Waals surface area contributed by atoms with E-state index in [4.69, 9.17) is 4.74 Å². The number of likely N-dealkylation sites (tertiary alicyclic amines) is 1. The summed E-state index contributed by atoms with van der Waals surface area (Å²) in [5, 5.41) is 2.88. The number of nitrogens with one attached hydrogen (secondary N) is 1. The molecule has 0 radical (unpaired) electrons. The van der Waals surface area contributed by atoms with Crippen LogP contribution in [0.1, 0.15) is 53.8 Å². The van der Waals surface area contributed by atoms with Crippen LogP contribution in [-0.2, 0) is 0 Å². The van der Waals surface area contributed by atoms with Gasteiger partial charge in [-0.05, 0) is 57.4 Å². The molecular formula is C22H26N2O3. The summed E-state index contributed by atoms with van der Waals surface area (Å²) in [7, 11) is 1.53. The second kappa shape index (κ2) is 8.25. The van der Waals surface area contributed by atoms with Crippen LogP contribution in [0.2, 0.25) is 0 Å². The maximum absolute atomic E-state index is 13.2. The highest BCUT2D eigenvalue weighted by molar-refractivity contribution is 6.10. The van der Waals surface area contributed by atoms with Crippen LogP contribution in [0.15, 0.2) is 48.5 Å². The van der Waals surface area contributed by atoms with Crippen molar-refractivity contribution in [3.8, 4) is 5.75 Å². The summed E-state index contributed by atoms with van der Waals surface area (Å²) in [5.41, 5.74) is 1.46. The molecule has 1 heterocycles. The molecule has 142 valence electrons. The smallest absolute Gasteiger partial charge is 0.259 e. The van der Waals surface area contributed by atoms with E-state index in [0.717, 1.165) is 19.3 Å². The van der Waals surface area contributed by atoms with E-state index in [0.29, 0.717) is 22.6 Å². The van der Waals surface area contributed by atoms with Crippen molar-refractivity contribution >= 4 is 17.5 Å². The fourth-order valence-corrected chi connectivity index (χ4v) is 3.76. The number of hydrogen-bond donors (Lipinski definition) is 1. The van der Waals surface area contributed by atoms with E-state index in [-0.39, 0.29) is 23.9 Å². The number of carbonyl (C=O) groups excluding carboxylic acids is 2. The first-order valence-electron chi connectivity index (χ1n) is 9.39. The highest BCUT2D eigenvalue weighted by atomic mass is 16.5. The Kier molecular flexibility index (Phi) is 5.79. The van der Waals surface area contributed by atoms with Crippen molar-refractivity contribution in [3.63, 3.8) is 0 Å². The fraction of sp³-hybridized carbons (Fsp3) is 0.364. The molecule has 3 rings (SSSR count).